The Morgan fingerprint density at radius 1 is 1.22 bits per heavy atom. The fourth-order valence-corrected chi connectivity index (χ4v) is 2.00. The predicted octanol–water partition coefficient (Wildman–Crippen LogP) is 3.20. The van der Waals surface area contributed by atoms with E-state index in [1.165, 1.54) is 18.8 Å². The first-order chi connectivity index (χ1) is 11.2. The number of benzene rings is 1. The first-order valence-corrected chi connectivity index (χ1v) is 7.61. The van der Waals surface area contributed by atoms with Crippen molar-refractivity contribution in [3.05, 3.63) is 47.9 Å². The molecule has 0 fully saturated rings. The Morgan fingerprint density at radius 3 is 2.74 bits per heavy atom. The van der Waals surface area contributed by atoms with Crippen LogP contribution < -0.4 is 10.6 Å². The summed E-state index contributed by atoms with van der Waals surface area (Å²) >= 11 is 0. The zero-order valence-corrected chi connectivity index (χ0v) is 13.0. The number of nitrogens with one attached hydrogen (secondary N) is 2. The molecule has 2 aromatic rings. The maximum Gasteiger partial charge on any atom is 0.275 e. The molecule has 0 bridgehead atoms. The number of para-hydroxylation sites is 1. The lowest BCUT2D eigenvalue weighted by Crippen LogP contribution is -2.15. The van der Waals surface area contributed by atoms with Gasteiger partial charge in [-0.3, -0.25) is 4.79 Å². The topological polar surface area (TPSA) is 90.7 Å². The van der Waals surface area contributed by atoms with Gasteiger partial charge in [-0.2, -0.15) is 5.26 Å². The molecule has 0 aliphatic rings. The molecule has 2 rings (SSSR count). The quantitative estimate of drug-likeness (QED) is 0.766. The molecule has 0 aliphatic heterocycles. The molecule has 6 heteroatoms. The molecule has 2 N–H and O–H groups in total. The van der Waals surface area contributed by atoms with Crippen LogP contribution >= 0.6 is 0 Å². The minimum absolute atomic E-state index is 0.205. The molecule has 0 spiro atoms. The second-order valence-corrected chi connectivity index (χ2v) is 5.03. The van der Waals surface area contributed by atoms with E-state index in [9.17, 15) is 4.79 Å². The zero-order valence-electron chi connectivity index (χ0n) is 13.0. The van der Waals surface area contributed by atoms with E-state index >= 15 is 0 Å². The Kier molecular flexibility index (Phi) is 6.07. The molecule has 1 amide bonds. The maximum atomic E-state index is 12.1. The van der Waals surface area contributed by atoms with Crippen molar-refractivity contribution in [2.75, 3.05) is 17.2 Å². The third-order valence-corrected chi connectivity index (χ3v) is 3.27. The molecule has 118 valence electrons. The molecule has 0 saturated heterocycles. The van der Waals surface area contributed by atoms with Gasteiger partial charge < -0.3 is 10.6 Å². The van der Waals surface area contributed by atoms with Crippen molar-refractivity contribution in [3.8, 4) is 6.07 Å². The summed E-state index contributed by atoms with van der Waals surface area (Å²) in [5.74, 6) is 0.257. The Hall–Kier alpha value is -2.94. The van der Waals surface area contributed by atoms with E-state index in [0.717, 1.165) is 19.4 Å². The summed E-state index contributed by atoms with van der Waals surface area (Å²) < 4.78 is 0. The third kappa shape index (κ3) is 4.78. The molecular weight excluding hydrogens is 290 g/mol. The van der Waals surface area contributed by atoms with Gasteiger partial charge in [-0.25, -0.2) is 9.97 Å². The van der Waals surface area contributed by atoms with Crippen LogP contribution in [0.4, 0.5) is 11.5 Å². The van der Waals surface area contributed by atoms with Gasteiger partial charge in [-0.1, -0.05) is 31.9 Å². The van der Waals surface area contributed by atoms with E-state index in [2.05, 4.69) is 27.5 Å². The minimum atomic E-state index is -0.391. The SMILES string of the molecule is CCCCCNc1cnc(C(=O)Nc2ccccc2C#N)cn1. The number of nitriles is 1. The molecule has 1 heterocycles. The van der Waals surface area contributed by atoms with Gasteiger partial charge in [0, 0.05) is 6.54 Å². The highest BCUT2D eigenvalue weighted by molar-refractivity contribution is 6.03. The van der Waals surface area contributed by atoms with Gasteiger partial charge in [0.25, 0.3) is 5.91 Å². The highest BCUT2D eigenvalue weighted by Crippen LogP contribution is 2.14. The molecule has 0 saturated carbocycles. The highest BCUT2D eigenvalue weighted by atomic mass is 16.1. The number of amides is 1. The molecule has 6 nitrogen and oxygen atoms in total. The van der Waals surface area contributed by atoms with Crippen molar-refractivity contribution in [1.82, 2.24) is 9.97 Å². The van der Waals surface area contributed by atoms with Gasteiger partial charge in [0.15, 0.2) is 0 Å². The number of rotatable bonds is 7. The van der Waals surface area contributed by atoms with Crippen molar-refractivity contribution >= 4 is 17.4 Å². The second kappa shape index (κ2) is 8.49. The average molecular weight is 309 g/mol. The van der Waals surface area contributed by atoms with Crippen LogP contribution in [0.25, 0.3) is 0 Å². The maximum absolute atomic E-state index is 12.1. The fourth-order valence-electron chi connectivity index (χ4n) is 2.00. The smallest absolute Gasteiger partial charge is 0.275 e. The highest BCUT2D eigenvalue weighted by Gasteiger charge is 2.10. The van der Waals surface area contributed by atoms with Gasteiger partial charge >= 0.3 is 0 Å². The van der Waals surface area contributed by atoms with Gasteiger partial charge in [0.05, 0.1) is 23.6 Å². The standard InChI is InChI=1S/C17H19N5O/c1-2-3-6-9-19-16-12-20-15(11-21-16)17(23)22-14-8-5-4-7-13(14)10-18/h4-5,7-8,11-12H,2-3,6,9H2,1H3,(H,19,21)(H,22,23). The fraction of sp³-hybridized carbons (Fsp3) is 0.294. The van der Waals surface area contributed by atoms with E-state index in [1.54, 1.807) is 24.3 Å². The summed E-state index contributed by atoms with van der Waals surface area (Å²) in [4.78, 5) is 20.4. The van der Waals surface area contributed by atoms with Crippen molar-refractivity contribution < 1.29 is 4.79 Å². The van der Waals surface area contributed by atoms with E-state index in [4.69, 9.17) is 5.26 Å². The summed E-state index contributed by atoms with van der Waals surface area (Å²) in [6.07, 6.45) is 6.37. The molecule has 0 unspecified atom stereocenters. The van der Waals surface area contributed by atoms with Gasteiger partial charge in [0.2, 0.25) is 0 Å². The lowest BCUT2D eigenvalue weighted by atomic mass is 10.2. The van der Waals surface area contributed by atoms with Gasteiger partial charge in [-0.15, -0.1) is 0 Å². The van der Waals surface area contributed by atoms with E-state index in [-0.39, 0.29) is 5.69 Å². The first kappa shape index (κ1) is 16.4. The van der Waals surface area contributed by atoms with Crippen molar-refractivity contribution in [1.29, 1.82) is 5.26 Å². The number of nitrogens with zero attached hydrogens (tertiary/aromatic N) is 3. The summed E-state index contributed by atoms with van der Waals surface area (Å²) in [7, 11) is 0. The predicted molar refractivity (Wildman–Crippen MR) is 89.2 cm³/mol. The van der Waals surface area contributed by atoms with Crippen LogP contribution in [-0.4, -0.2) is 22.4 Å². The van der Waals surface area contributed by atoms with Crippen molar-refractivity contribution in [2.24, 2.45) is 0 Å². The first-order valence-electron chi connectivity index (χ1n) is 7.61. The summed E-state index contributed by atoms with van der Waals surface area (Å²) in [6.45, 7) is 2.99. The van der Waals surface area contributed by atoms with Crippen LogP contribution in [0.3, 0.4) is 0 Å². The number of hydrogen-bond acceptors (Lipinski definition) is 5. The summed E-state index contributed by atoms with van der Waals surface area (Å²) in [5, 5.41) is 14.9. The van der Waals surface area contributed by atoms with Gasteiger partial charge in [0.1, 0.15) is 17.6 Å². The Bertz CT molecular complexity index is 691. The number of carbonyl (C=O) groups excluding carboxylic acids is 1. The zero-order chi connectivity index (χ0) is 16.5. The Balaban J connectivity index is 1.96. The number of hydrogen-bond donors (Lipinski definition) is 2. The van der Waals surface area contributed by atoms with Crippen LogP contribution in [0.1, 0.15) is 42.2 Å². The number of anilines is 2. The lowest BCUT2D eigenvalue weighted by Gasteiger charge is -2.07. The molecule has 0 aliphatic carbocycles. The van der Waals surface area contributed by atoms with Gasteiger partial charge in [-0.05, 0) is 18.6 Å². The van der Waals surface area contributed by atoms with Crippen LogP contribution in [0, 0.1) is 11.3 Å². The van der Waals surface area contributed by atoms with E-state index in [1.807, 2.05) is 6.07 Å². The molecule has 23 heavy (non-hydrogen) atoms. The van der Waals surface area contributed by atoms with Crippen molar-refractivity contribution in [2.45, 2.75) is 26.2 Å². The molecule has 0 atom stereocenters. The third-order valence-electron chi connectivity index (χ3n) is 3.27. The molecule has 1 aromatic heterocycles. The Labute approximate surface area is 135 Å². The van der Waals surface area contributed by atoms with Crippen molar-refractivity contribution in [3.63, 3.8) is 0 Å². The monoisotopic (exact) mass is 309 g/mol. The van der Waals surface area contributed by atoms with Crippen LogP contribution in [0.2, 0.25) is 0 Å². The summed E-state index contributed by atoms with van der Waals surface area (Å²) in [5.41, 5.74) is 1.07. The summed E-state index contributed by atoms with van der Waals surface area (Å²) in [6, 6.07) is 8.85. The van der Waals surface area contributed by atoms with E-state index in [0.29, 0.717) is 17.1 Å². The largest absolute Gasteiger partial charge is 0.369 e. The van der Waals surface area contributed by atoms with Crippen LogP contribution in [-0.2, 0) is 0 Å². The molecule has 1 aromatic carbocycles. The normalized spacial score (nSPS) is 9.91. The second-order valence-electron chi connectivity index (χ2n) is 5.03. The lowest BCUT2D eigenvalue weighted by molar-refractivity contribution is 0.102. The molecule has 0 radical (unpaired) electrons. The average Bonchev–Trinajstić information content (AvgIpc) is 2.59. The minimum Gasteiger partial charge on any atom is -0.369 e. The van der Waals surface area contributed by atoms with Crippen LogP contribution in [0.5, 0.6) is 0 Å². The van der Waals surface area contributed by atoms with Crippen LogP contribution in [0.15, 0.2) is 36.7 Å². The van der Waals surface area contributed by atoms with E-state index < -0.39 is 5.91 Å². The Morgan fingerprint density at radius 2 is 2.04 bits per heavy atom. The molecular formula is C17H19N5O. The number of unbranched alkanes of at least 4 members (excludes halogenated alkanes) is 2. The number of carbonyl (C=O) groups is 1. The number of aromatic nitrogens is 2.